The molecule has 2 heterocycles. The Morgan fingerprint density at radius 1 is 1.30 bits per heavy atom. The summed E-state index contributed by atoms with van der Waals surface area (Å²) < 4.78 is 7.26. The van der Waals surface area contributed by atoms with Crippen LogP contribution in [0, 0.1) is 13.8 Å². The number of hydrogen-bond acceptors (Lipinski definition) is 4. The Labute approximate surface area is 134 Å². The quantitative estimate of drug-likeness (QED) is 0.804. The van der Waals surface area contributed by atoms with E-state index in [0.29, 0.717) is 11.4 Å². The van der Waals surface area contributed by atoms with Gasteiger partial charge in [0.05, 0.1) is 17.6 Å². The second kappa shape index (κ2) is 6.08. The minimum Gasteiger partial charge on any atom is -0.483 e. The lowest BCUT2D eigenvalue weighted by Gasteiger charge is -2.09. The van der Waals surface area contributed by atoms with Gasteiger partial charge in [-0.1, -0.05) is 18.2 Å². The molecule has 1 aromatic carbocycles. The van der Waals surface area contributed by atoms with Crippen molar-refractivity contribution in [1.82, 2.24) is 14.8 Å². The highest BCUT2D eigenvalue weighted by atomic mass is 16.5. The fourth-order valence-corrected chi connectivity index (χ4v) is 2.43. The molecule has 0 aliphatic rings. The molecule has 3 aromatic rings. The highest BCUT2D eigenvalue weighted by molar-refractivity contribution is 5.94. The molecule has 0 aliphatic carbocycles. The van der Waals surface area contributed by atoms with E-state index in [1.807, 2.05) is 51.2 Å². The number of amides is 1. The molecule has 3 rings (SSSR count). The number of aromatic nitrogens is 3. The minimum absolute atomic E-state index is 0.0467. The molecule has 6 nitrogen and oxygen atoms in total. The minimum atomic E-state index is -0.226. The van der Waals surface area contributed by atoms with Crippen LogP contribution < -0.4 is 10.1 Å². The van der Waals surface area contributed by atoms with E-state index >= 15 is 0 Å². The monoisotopic (exact) mass is 310 g/mol. The van der Waals surface area contributed by atoms with Gasteiger partial charge in [-0.25, -0.2) is 4.98 Å². The number of hydrogen-bond donors (Lipinski definition) is 1. The maximum absolute atomic E-state index is 12.0. The molecule has 6 heteroatoms. The van der Waals surface area contributed by atoms with Crippen molar-refractivity contribution in [2.45, 2.75) is 13.8 Å². The van der Waals surface area contributed by atoms with Gasteiger partial charge in [0.2, 0.25) is 0 Å². The van der Waals surface area contributed by atoms with Crippen molar-refractivity contribution in [3.8, 4) is 5.75 Å². The highest BCUT2D eigenvalue weighted by Crippen LogP contribution is 2.19. The SMILES string of the molecule is Cc1ccccc1OCC(=O)Nc1cnc2c(c1)c(C)nn2C. The van der Waals surface area contributed by atoms with Crippen LogP contribution in [0.25, 0.3) is 11.0 Å². The van der Waals surface area contributed by atoms with Gasteiger partial charge in [-0.15, -0.1) is 0 Å². The Morgan fingerprint density at radius 2 is 2.09 bits per heavy atom. The summed E-state index contributed by atoms with van der Waals surface area (Å²) in [5.41, 5.74) is 3.29. The van der Waals surface area contributed by atoms with E-state index in [1.54, 1.807) is 10.9 Å². The van der Waals surface area contributed by atoms with Gasteiger partial charge in [0.1, 0.15) is 5.75 Å². The zero-order valence-electron chi connectivity index (χ0n) is 13.3. The smallest absolute Gasteiger partial charge is 0.262 e. The van der Waals surface area contributed by atoms with Crippen LogP contribution in [-0.2, 0) is 11.8 Å². The molecule has 0 bridgehead atoms. The molecule has 0 saturated heterocycles. The standard InChI is InChI=1S/C17H18N4O2/c1-11-6-4-5-7-15(11)23-10-16(22)19-13-8-14-12(2)20-21(3)17(14)18-9-13/h4-9H,10H2,1-3H3,(H,19,22). The normalized spacial score (nSPS) is 10.7. The lowest BCUT2D eigenvalue weighted by atomic mass is 10.2. The number of para-hydroxylation sites is 1. The van der Waals surface area contributed by atoms with Gasteiger partial charge in [-0.05, 0) is 31.5 Å². The summed E-state index contributed by atoms with van der Waals surface area (Å²) in [5, 5.41) is 8.03. The average Bonchev–Trinajstić information content (AvgIpc) is 2.81. The number of pyridine rings is 1. The Hall–Kier alpha value is -2.89. The first-order valence-electron chi connectivity index (χ1n) is 7.32. The van der Waals surface area contributed by atoms with E-state index in [4.69, 9.17) is 4.74 Å². The number of carbonyl (C=O) groups is 1. The molecule has 118 valence electrons. The van der Waals surface area contributed by atoms with Crippen molar-refractivity contribution in [2.75, 3.05) is 11.9 Å². The van der Waals surface area contributed by atoms with Gasteiger partial charge in [0.25, 0.3) is 5.91 Å². The van der Waals surface area contributed by atoms with Crippen molar-refractivity contribution in [3.63, 3.8) is 0 Å². The highest BCUT2D eigenvalue weighted by Gasteiger charge is 2.09. The number of carbonyl (C=O) groups excluding carboxylic acids is 1. The third kappa shape index (κ3) is 3.15. The number of ether oxygens (including phenoxy) is 1. The van der Waals surface area contributed by atoms with E-state index in [9.17, 15) is 4.79 Å². The maximum Gasteiger partial charge on any atom is 0.262 e. The van der Waals surface area contributed by atoms with Crippen LogP contribution in [0.5, 0.6) is 5.75 Å². The predicted octanol–water partition coefficient (Wildman–Crippen LogP) is 2.60. The molecule has 1 amide bonds. The summed E-state index contributed by atoms with van der Waals surface area (Å²) in [4.78, 5) is 16.4. The topological polar surface area (TPSA) is 69.0 Å². The summed E-state index contributed by atoms with van der Waals surface area (Å²) in [7, 11) is 1.84. The molecular formula is C17H18N4O2. The van der Waals surface area contributed by atoms with Crippen LogP contribution >= 0.6 is 0 Å². The lowest BCUT2D eigenvalue weighted by molar-refractivity contribution is -0.118. The average molecular weight is 310 g/mol. The predicted molar refractivity (Wildman–Crippen MR) is 88.5 cm³/mol. The van der Waals surface area contributed by atoms with Crippen LogP contribution in [0.15, 0.2) is 36.5 Å². The molecule has 0 fully saturated rings. The Balaban J connectivity index is 1.68. The summed E-state index contributed by atoms with van der Waals surface area (Å²) >= 11 is 0. The summed E-state index contributed by atoms with van der Waals surface area (Å²) in [6.07, 6.45) is 1.62. The van der Waals surface area contributed by atoms with Crippen LogP contribution in [-0.4, -0.2) is 27.3 Å². The molecule has 0 aliphatic heterocycles. The first kappa shape index (κ1) is 15.0. The van der Waals surface area contributed by atoms with Crippen molar-refractivity contribution in [3.05, 3.63) is 47.8 Å². The van der Waals surface area contributed by atoms with Gasteiger partial charge in [0.15, 0.2) is 12.3 Å². The van der Waals surface area contributed by atoms with Crippen LogP contribution in [0.2, 0.25) is 0 Å². The molecule has 0 saturated carbocycles. The van der Waals surface area contributed by atoms with Gasteiger partial charge in [-0.3, -0.25) is 9.48 Å². The fraction of sp³-hybridized carbons (Fsp3) is 0.235. The third-order valence-corrected chi connectivity index (χ3v) is 3.60. The van der Waals surface area contributed by atoms with E-state index in [1.165, 1.54) is 0 Å². The molecular weight excluding hydrogens is 292 g/mol. The molecule has 0 unspecified atom stereocenters. The molecule has 1 N–H and O–H groups in total. The van der Waals surface area contributed by atoms with Gasteiger partial charge in [0, 0.05) is 12.4 Å². The summed E-state index contributed by atoms with van der Waals surface area (Å²) in [6.45, 7) is 3.81. The van der Waals surface area contributed by atoms with Gasteiger partial charge >= 0.3 is 0 Å². The van der Waals surface area contributed by atoms with Gasteiger partial charge < -0.3 is 10.1 Å². The molecule has 0 atom stereocenters. The van der Waals surface area contributed by atoms with Crippen molar-refractivity contribution in [1.29, 1.82) is 0 Å². The summed E-state index contributed by atoms with van der Waals surface area (Å²) in [6, 6.07) is 9.46. The number of fused-ring (bicyclic) bond motifs is 1. The van der Waals surface area contributed by atoms with E-state index in [-0.39, 0.29) is 12.5 Å². The largest absolute Gasteiger partial charge is 0.483 e. The fourth-order valence-electron chi connectivity index (χ4n) is 2.43. The number of rotatable bonds is 4. The number of anilines is 1. The van der Waals surface area contributed by atoms with Gasteiger partial charge in [-0.2, -0.15) is 5.10 Å². The maximum atomic E-state index is 12.0. The van der Waals surface area contributed by atoms with Crippen LogP contribution in [0.3, 0.4) is 0 Å². The Morgan fingerprint density at radius 3 is 2.87 bits per heavy atom. The lowest BCUT2D eigenvalue weighted by Crippen LogP contribution is -2.20. The van der Waals surface area contributed by atoms with Crippen molar-refractivity contribution in [2.24, 2.45) is 7.05 Å². The molecule has 0 spiro atoms. The second-order valence-electron chi connectivity index (χ2n) is 5.41. The number of nitrogens with one attached hydrogen (secondary N) is 1. The van der Waals surface area contributed by atoms with Crippen LogP contribution in [0.1, 0.15) is 11.3 Å². The summed E-state index contributed by atoms with van der Waals surface area (Å²) in [5.74, 6) is 0.482. The molecule has 23 heavy (non-hydrogen) atoms. The zero-order valence-corrected chi connectivity index (χ0v) is 13.3. The number of nitrogens with zero attached hydrogens (tertiary/aromatic N) is 3. The zero-order chi connectivity index (χ0) is 16.4. The van der Waals surface area contributed by atoms with E-state index < -0.39 is 0 Å². The van der Waals surface area contributed by atoms with Crippen molar-refractivity contribution < 1.29 is 9.53 Å². The third-order valence-electron chi connectivity index (χ3n) is 3.60. The molecule has 2 aromatic heterocycles. The van der Waals surface area contributed by atoms with E-state index in [2.05, 4.69) is 15.4 Å². The first-order chi connectivity index (χ1) is 11.0. The van der Waals surface area contributed by atoms with Crippen molar-refractivity contribution >= 4 is 22.6 Å². The van der Waals surface area contributed by atoms with E-state index in [0.717, 1.165) is 22.3 Å². The first-order valence-corrected chi connectivity index (χ1v) is 7.32. The van der Waals surface area contributed by atoms with Crippen LogP contribution in [0.4, 0.5) is 5.69 Å². The molecule has 0 radical (unpaired) electrons. The number of benzene rings is 1. The Bertz CT molecular complexity index is 870. The second-order valence-corrected chi connectivity index (χ2v) is 5.41. The Kier molecular flexibility index (Phi) is 3.97. The number of aryl methyl sites for hydroxylation is 3.